The molecule has 0 aromatic carbocycles. The van der Waals surface area contributed by atoms with E-state index >= 15 is 4.39 Å². The highest BCUT2D eigenvalue weighted by Crippen LogP contribution is 2.33. The number of carboxylic acid groups (broad SMARTS) is 1. The van der Waals surface area contributed by atoms with Crippen LogP contribution >= 0.6 is 0 Å². The van der Waals surface area contributed by atoms with Crippen LogP contribution in [0.4, 0.5) is 18.0 Å². The minimum Gasteiger partial charge on any atom is -0.465 e. The molecule has 3 rings (SSSR count). The second kappa shape index (κ2) is 8.85. The summed E-state index contributed by atoms with van der Waals surface area (Å²) >= 11 is 0. The summed E-state index contributed by atoms with van der Waals surface area (Å²) in [6, 6.07) is 4.70. The summed E-state index contributed by atoms with van der Waals surface area (Å²) in [5.41, 5.74) is -1.97. The molecular weight excluding hydrogens is 461 g/mol. The van der Waals surface area contributed by atoms with Gasteiger partial charge in [0.2, 0.25) is 11.9 Å². The van der Waals surface area contributed by atoms with Crippen molar-refractivity contribution in [1.82, 2.24) is 19.3 Å². The zero-order chi connectivity index (χ0) is 24.6. The van der Waals surface area contributed by atoms with Crippen LogP contribution < -0.4 is 5.32 Å². The summed E-state index contributed by atoms with van der Waals surface area (Å²) in [6.45, 7) is 5.16. The van der Waals surface area contributed by atoms with Crippen LogP contribution in [0.3, 0.4) is 0 Å². The Morgan fingerprint density at radius 1 is 1.18 bits per heavy atom. The minimum atomic E-state index is -4.66. The number of nitrogens with one attached hydrogen (secondary N) is 1. The molecule has 1 atom stereocenters. The van der Waals surface area contributed by atoms with E-state index in [0.717, 1.165) is 36.7 Å². The molecule has 0 spiro atoms. The SMILES string of the molecule is CC(C)(C)C(Cc1cn(S(=O)(=O)c2cccc(F)n2)c(-c2cccnc2F)c1F)NC(=O)O. The van der Waals surface area contributed by atoms with Gasteiger partial charge in [0.25, 0.3) is 10.0 Å². The minimum absolute atomic E-state index is 0.193. The van der Waals surface area contributed by atoms with Gasteiger partial charge in [-0.3, -0.25) is 0 Å². The Balaban J connectivity index is 2.25. The van der Waals surface area contributed by atoms with Crippen LogP contribution in [-0.2, 0) is 16.4 Å². The van der Waals surface area contributed by atoms with E-state index in [-0.39, 0.29) is 12.0 Å². The zero-order valence-corrected chi connectivity index (χ0v) is 18.7. The van der Waals surface area contributed by atoms with Crippen molar-refractivity contribution in [2.45, 2.75) is 38.3 Å². The van der Waals surface area contributed by atoms with Crippen molar-refractivity contribution in [1.29, 1.82) is 0 Å². The van der Waals surface area contributed by atoms with E-state index < -0.39 is 61.6 Å². The fourth-order valence-corrected chi connectivity index (χ4v) is 4.56. The van der Waals surface area contributed by atoms with Gasteiger partial charge in [-0.25, -0.2) is 23.1 Å². The van der Waals surface area contributed by atoms with Gasteiger partial charge in [0.15, 0.2) is 10.8 Å². The van der Waals surface area contributed by atoms with Crippen molar-refractivity contribution < 1.29 is 31.5 Å². The first kappa shape index (κ1) is 24.2. The van der Waals surface area contributed by atoms with Crippen molar-refractivity contribution in [2.75, 3.05) is 0 Å². The van der Waals surface area contributed by atoms with Gasteiger partial charge in [0.05, 0.1) is 5.56 Å². The molecule has 0 aliphatic rings. The second-order valence-corrected chi connectivity index (χ2v) is 10.1. The Kier molecular flexibility index (Phi) is 6.50. The number of carbonyl (C=O) groups is 1. The molecule has 3 heterocycles. The molecule has 33 heavy (non-hydrogen) atoms. The largest absolute Gasteiger partial charge is 0.465 e. The fourth-order valence-electron chi connectivity index (χ4n) is 3.22. The van der Waals surface area contributed by atoms with Crippen molar-refractivity contribution in [3.63, 3.8) is 0 Å². The van der Waals surface area contributed by atoms with Gasteiger partial charge >= 0.3 is 6.09 Å². The monoisotopic (exact) mass is 482 g/mol. The third-order valence-electron chi connectivity index (χ3n) is 4.98. The predicted octanol–water partition coefficient (Wildman–Crippen LogP) is 3.82. The summed E-state index contributed by atoms with van der Waals surface area (Å²) in [5, 5.41) is 10.7. The van der Waals surface area contributed by atoms with Crippen LogP contribution in [0, 0.1) is 23.1 Å². The van der Waals surface area contributed by atoms with Crippen molar-refractivity contribution >= 4 is 16.1 Å². The zero-order valence-electron chi connectivity index (χ0n) is 17.9. The molecule has 3 aromatic rings. The maximum absolute atomic E-state index is 15.6. The lowest BCUT2D eigenvalue weighted by Gasteiger charge is -2.30. The lowest BCUT2D eigenvalue weighted by Crippen LogP contribution is -2.44. The maximum Gasteiger partial charge on any atom is 0.404 e. The van der Waals surface area contributed by atoms with Gasteiger partial charge in [0.1, 0.15) is 5.69 Å². The highest BCUT2D eigenvalue weighted by Gasteiger charge is 2.33. The summed E-state index contributed by atoms with van der Waals surface area (Å²) < 4.78 is 70.6. The van der Waals surface area contributed by atoms with E-state index in [1.165, 1.54) is 6.07 Å². The number of aromatic nitrogens is 3. The molecule has 176 valence electrons. The summed E-state index contributed by atoms with van der Waals surface area (Å²) in [6.07, 6.45) is 0.446. The van der Waals surface area contributed by atoms with E-state index in [0.29, 0.717) is 3.97 Å². The molecule has 1 amide bonds. The third kappa shape index (κ3) is 5.00. The topological polar surface area (TPSA) is 114 Å². The molecular formula is C21H21F3N4O4S. The Morgan fingerprint density at radius 3 is 2.45 bits per heavy atom. The summed E-state index contributed by atoms with van der Waals surface area (Å²) in [5.74, 6) is -3.28. The van der Waals surface area contributed by atoms with Gasteiger partial charge < -0.3 is 10.4 Å². The van der Waals surface area contributed by atoms with Gasteiger partial charge in [-0.2, -0.15) is 17.2 Å². The third-order valence-corrected chi connectivity index (χ3v) is 6.54. The van der Waals surface area contributed by atoms with E-state index in [4.69, 9.17) is 5.11 Å². The summed E-state index contributed by atoms with van der Waals surface area (Å²) in [4.78, 5) is 18.0. The molecule has 8 nitrogen and oxygen atoms in total. The van der Waals surface area contributed by atoms with Gasteiger partial charge in [-0.05, 0) is 36.1 Å². The Labute approximate surface area is 188 Å². The molecule has 0 aliphatic carbocycles. The van der Waals surface area contributed by atoms with Crippen molar-refractivity contribution in [2.24, 2.45) is 5.41 Å². The average molecular weight is 482 g/mol. The molecule has 12 heteroatoms. The Bertz CT molecular complexity index is 1300. The van der Waals surface area contributed by atoms with E-state index in [2.05, 4.69) is 15.3 Å². The molecule has 0 saturated carbocycles. The molecule has 3 aromatic heterocycles. The van der Waals surface area contributed by atoms with Crippen molar-refractivity contribution in [3.05, 3.63) is 66.0 Å². The Morgan fingerprint density at radius 2 is 1.88 bits per heavy atom. The predicted molar refractivity (Wildman–Crippen MR) is 112 cm³/mol. The summed E-state index contributed by atoms with van der Waals surface area (Å²) in [7, 11) is -4.66. The second-order valence-electron chi connectivity index (χ2n) is 8.33. The normalized spacial score (nSPS) is 13.0. The molecule has 0 aliphatic heterocycles. The number of hydrogen-bond donors (Lipinski definition) is 2. The first-order valence-electron chi connectivity index (χ1n) is 9.70. The van der Waals surface area contributed by atoms with Crippen LogP contribution in [0.5, 0.6) is 0 Å². The molecule has 0 radical (unpaired) electrons. The van der Waals surface area contributed by atoms with Crippen LogP contribution in [0.25, 0.3) is 11.3 Å². The van der Waals surface area contributed by atoms with E-state index in [1.807, 2.05) is 0 Å². The van der Waals surface area contributed by atoms with Gasteiger partial charge in [-0.1, -0.05) is 26.8 Å². The fraction of sp³-hybridized carbons (Fsp3) is 0.286. The molecule has 0 fully saturated rings. The number of nitrogens with zero attached hydrogens (tertiary/aromatic N) is 3. The quantitative estimate of drug-likeness (QED) is 0.517. The highest BCUT2D eigenvalue weighted by molar-refractivity contribution is 7.90. The smallest absolute Gasteiger partial charge is 0.404 e. The molecule has 0 saturated heterocycles. The van der Waals surface area contributed by atoms with E-state index in [1.54, 1.807) is 20.8 Å². The lowest BCUT2D eigenvalue weighted by atomic mass is 9.83. The first-order valence-corrected chi connectivity index (χ1v) is 11.1. The number of amides is 1. The number of halogens is 3. The van der Waals surface area contributed by atoms with Crippen LogP contribution in [0.15, 0.2) is 47.8 Å². The Hall–Kier alpha value is -3.41. The molecule has 2 N–H and O–H groups in total. The van der Waals surface area contributed by atoms with E-state index in [9.17, 15) is 22.0 Å². The lowest BCUT2D eigenvalue weighted by molar-refractivity contribution is 0.174. The standard InChI is InChI=1S/C21H21F3N4O4S/c1-21(2,3)14(26-20(29)30)10-12-11-28(33(31,32)16-8-4-7-15(22)27-16)18(17(12)23)13-6-5-9-25-19(13)24/h4-9,11,14,26H,10H2,1-3H3,(H,29,30). The molecule has 1 unspecified atom stereocenters. The van der Waals surface area contributed by atoms with Crippen LogP contribution in [-0.4, -0.2) is 39.6 Å². The highest BCUT2D eigenvalue weighted by atomic mass is 32.2. The average Bonchev–Trinajstić information content (AvgIpc) is 3.04. The number of rotatable bonds is 6. The first-order chi connectivity index (χ1) is 15.3. The van der Waals surface area contributed by atoms with Crippen LogP contribution in [0.2, 0.25) is 0 Å². The van der Waals surface area contributed by atoms with Gasteiger partial charge in [0, 0.05) is 24.0 Å². The van der Waals surface area contributed by atoms with Gasteiger partial charge in [-0.15, -0.1) is 0 Å². The maximum atomic E-state index is 15.6. The number of hydrogen-bond acceptors (Lipinski definition) is 5. The molecule has 0 bridgehead atoms. The van der Waals surface area contributed by atoms with Crippen LogP contribution in [0.1, 0.15) is 26.3 Å². The number of pyridine rings is 2. The van der Waals surface area contributed by atoms with Crippen molar-refractivity contribution in [3.8, 4) is 11.3 Å².